The highest BCUT2D eigenvalue weighted by Gasteiger charge is 2.17. The molecule has 1 aromatic heterocycles. The van der Waals surface area contributed by atoms with Crippen LogP contribution in [-0.2, 0) is 6.54 Å². The van der Waals surface area contributed by atoms with Crippen molar-refractivity contribution in [3.63, 3.8) is 0 Å². The molecule has 0 fully saturated rings. The van der Waals surface area contributed by atoms with Crippen molar-refractivity contribution in [1.82, 2.24) is 20.4 Å². The Morgan fingerprint density at radius 1 is 1.29 bits per heavy atom. The standard InChI is InChI=1S/C17H22F2N4O/c1-4-16(14-9-12(18)5-6-15(14)19)21-17(24)20-10-13-7-8-23(22-13)11(2)3/h5-9,11,16H,4,10H2,1-3H3,(H2,20,21,24). The van der Waals surface area contributed by atoms with Crippen LogP contribution in [0.1, 0.15) is 50.5 Å². The fourth-order valence-electron chi connectivity index (χ4n) is 2.32. The highest BCUT2D eigenvalue weighted by atomic mass is 19.1. The third-order valence-electron chi connectivity index (χ3n) is 3.67. The van der Waals surface area contributed by atoms with E-state index in [0.717, 1.165) is 23.9 Å². The van der Waals surface area contributed by atoms with Gasteiger partial charge >= 0.3 is 6.03 Å². The van der Waals surface area contributed by atoms with Crippen molar-refractivity contribution in [2.75, 3.05) is 0 Å². The highest BCUT2D eigenvalue weighted by Crippen LogP contribution is 2.21. The minimum absolute atomic E-state index is 0.136. The zero-order valence-electron chi connectivity index (χ0n) is 14.0. The van der Waals surface area contributed by atoms with Crippen LogP contribution in [0.25, 0.3) is 0 Å². The molecular weight excluding hydrogens is 314 g/mol. The van der Waals surface area contributed by atoms with E-state index in [1.165, 1.54) is 0 Å². The summed E-state index contributed by atoms with van der Waals surface area (Å²) in [5, 5.41) is 9.67. The van der Waals surface area contributed by atoms with Crippen LogP contribution in [0.3, 0.4) is 0 Å². The van der Waals surface area contributed by atoms with Gasteiger partial charge in [-0.2, -0.15) is 5.10 Å². The zero-order valence-corrected chi connectivity index (χ0v) is 14.0. The SMILES string of the molecule is CCC(NC(=O)NCc1ccn(C(C)C)n1)c1cc(F)ccc1F. The van der Waals surface area contributed by atoms with Crippen LogP contribution in [0.15, 0.2) is 30.5 Å². The maximum absolute atomic E-state index is 13.8. The van der Waals surface area contributed by atoms with Crippen LogP contribution < -0.4 is 10.6 Å². The molecule has 1 atom stereocenters. The molecule has 1 heterocycles. The number of hydrogen-bond acceptors (Lipinski definition) is 2. The molecule has 0 bridgehead atoms. The molecule has 130 valence electrons. The number of nitrogens with one attached hydrogen (secondary N) is 2. The first-order valence-electron chi connectivity index (χ1n) is 7.94. The van der Waals surface area contributed by atoms with Crippen LogP contribution >= 0.6 is 0 Å². The smallest absolute Gasteiger partial charge is 0.315 e. The van der Waals surface area contributed by atoms with E-state index in [1.807, 2.05) is 26.1 Å². The minimum atomic E-state index is -0.603. The van der Waals surface area contributed by atoms with Crippen LogP contribution in [-0.4, -0.2) is 15.8 Å². The van der Waals surface area contributed by atoms with Gasteiger partial charge in [0.25, 0.3) is 0 Å². The van der Waals surface area contributed by atoms with Gasteiger partial charge in [0.15, 0.2) is 0 Å². The number of urea groups is 1. The Bertz CT molecular complexity index is 700. The van der Waals surface area contributed by atoms with Gasteiger partial charge in [0.1, 0.15) is 11.6 Å². The summed E-state index contributed by atoms with van der Waals surface area (Å²) in [5.74, 6) is -1.08. The second-order valence-corrected chi connectivity index (χ2v) is 5.83. The second-order valence-electron chi connectivity index (χ2n) is 5.83. The monoisotopic (exact) mass is 336 g/mol. The summed E-state index contributed by atoms with van der Waals surface area (Å²) in [7, 11) is 0. The molecular formula is C17H22F2N4O. The van der Waals surface area contributed by atoms with E-state index >= 15 is 0 Å². The molecule has 2 aromatic rings. The summed E-state index contributed by atoms with van der Waals surface area (Å²) >= 11 is 0. The lowest BCUT2D eigenvalue weighted by Gasteiger charge is -2.18. The van der Waals surface area contributed by atoms with Gasteiger partial charge in [-0.15, -0.1) is 0 Å². The molecule has 0 aliphatic rings. The molecule has 5 nitrogen and oxygen atoms in total. The number of carbonyl (C=O) groups is 1. The Morgan fingerprint density at radius 2 is 2.04 bits per heavy atom. The summed E-state index contributed by atoms with van der Waals surface area (Å²) < 4.78 is 28.9. The summed E-state index contributed by atoms with van der Waals surface area (Å²) in [6.45, 7) is 6.07. The molecule has 7 heteroatoms. The Labute approximate surface area is 140 Å². The van der Waals surface area contributed by atoms with Gasteiger partial charge in [0.2, 0.25) is 0 Å². The zero-order chi connectivity index (χ0) is 17.7. The normalized spacial score (nSPS) is 12.2. The lowest BCUT2D eigenvalue weighted by molar-refractivity contribution is 0.236. The lowest BCUT2D eigenvalue weighted by Crippen LogP contribution is -2.37. The molecule has 24 heavy (non-hydrogen) atoms. The predicted molar refractivity (Wildman–Crippen MR) is 87.4 cm³/mol. The minimum Gasteiger partial charge on any atom is -0.332 e. The van der Waals surface area contributed by atoms with Crippen molar-refractivity contribution in [3.05, 3.63) is 53.4 Å². The third-order valence-corrected chi connectivity index (χ3v) is 3.67. The van der Waals surface area contributed by atoms with Crippen molar-refractivity contribution in [2.24, 2.45) is 0 Å². The van der Waals surface area contributed by atoms with Gasteiger partial charge < -0.3 is 10.6 Å². The quantitative estimate of drug-likeness (QED) is 0.845. The highest BCUT2D eigenvalue weighted by molar-refractivity contribution is 5.74. The molecule has 0 aliphatic carbocycles. The Balaban J connectivity index is 1.95. The first-order valence-corrected chi connectivity index (χ1v) is 7.94. The number of carbonyl (C=O) groups excluding carboxylic acids is 1. The predicted octanol–water partition coefficient (Wildman–Crippen LogP) is 3.69. The van der Waals surface area contributed by atoms with Gasteiger partial charge in [-0.05, 0) is 44.5 Å². The van der Waals surface area contributed by atoms with Crippen LogP contribution in [0.5, 0.6) is 0 Å². The first kappa shape index (κ1) is 17.9. The molecule has 0 radical (unpaired) electrons. The molecule has 1 unspecified atom stereocenters. The van der Waals surface area contributed by atoms with Crippen molar-refractivity contribution < 1.29 is 13.6 Å². The van der Waals surface area contributed by atoms with Crippen LogP contribution in [0.4, 0.5) is 13.6 Å². The topological polar surface area (TPSA) is 59.0 Å². The maximum atomic E-state index is 13.8. The van der Waals surface area contributed by atoms with Crippen molar-refractivity contribution in [3.8, 4) is 0 Å². The van der Waals surface area contributed by atoms with Crippen LogP contribution in [0.2, 0.25) is 0 Å². The molecule has 1 aromatic carbocycles. The number of hydrogen-bond donors (Lipinski definition) is 2. The number of aromatic nitrogens is 2. The van der Waals surface area contributed by atoms with E-state index in [4.69, 9.17) is 0 Å². The molecule has 0 aliphatic heterocycles. The number of amides is 2. The van der Waals surface area contributed by atoms with Gasteiger partial charge in [0.05, 0.1) is 18.3 Å². The van der Waals surface area contributed by atoms with Gasteiger partial charge in [0, 0.05) is 17.8 Å². The largest absolute Gasteiger partial charge is 0.332 e. The van der Waals surface area contributed by atoms with E-state index in [0.29, 0.717) is 6.42 Å². The summed E-state index contributed by atoms with van der Waals surface area (Å²) in [6.07, 6.45) is 2.28. The summed E-state index contributed by atoms with van der Waals surface area (Å²) in [4.78, 5) is 12.0. The number of benzene rings is 1. The average molecular weight is 336 g/mol. The fourth-order valence-corrected chi connectivity index (χ4v) is 2.32. The van der Waals surface area contributed by atoms with Crippen molar-refractivity contribution >= 4 is 6.03 Å². The fraction of sp³-hybridized carbons (Fsp3) is 0.412. The Kier molecular flexibility index (Phi) is 5.89. The van der Waals surface area contributed by atoms with E-state index in [-0.39, 0.29) is 18.2 Å². The molecule has 2 rings (SSSR count). The van der Waals surface area contributed by atoms with Crippen molar-refractivity contribution in [1.29, 1.82) is 0 Å². The van der Waals surface area contributed by atoms with Gasteiger partial charge in [-0.25, -0.2) is 13.6 Å². The lowest BCUT2D eigenvalue weighted by atomic mass is 10.0. The molecule has 0 saturated carbocycles. The number of halogens is 2. The van der Waals surface area contributed by atoms with E-state index in [1.54, 1.807) is 11.6 Å². The van der Waals surface area contributed by atoms with E-state index in [9.17, 15) is 13.6 Å². The van der Waals surface area contributed by atoms with Gasteiger partial charge in [-0.3, -0.25) is 4.68 Å². The molecule has 0 spiro atoms. The Hall–Kier alpha value is -2.44. The number of nitrogens with zero attached hydrogens (tertiary/aromatic N) is 2. The Morgan fingerprint density at radius 3 is 2.67 bits per heavy atom. The molecule has 2 amide bonds. The van der Waals surface area contributed by atoms with E-state index < -0.39 is 23.7 Å². The second kappa shape index (κ2) is 7.90. The summed E-state index contributed by atoms with van der Waals surface area (Å²) in [6, 6.07) is 4.23. The average Bonchev–Trinajstić information content (AvgIpc) is 3.02. The first-order chi connectivity index (χ1) is 11.4. The van der Waals surface area contributed by atoms with Crippen LogP contribution in [0, 0.1) is 11.6 Å². The third kappa shape index (κ3) is 4.53. The summed E-state index contributed by atoms with van der Waals surface area (Å²) in [5.41, 5.74) is 0.862. The maximum Gasteiger partial charge on any atom is 0.315 e. The molecule has 2 N–H and O–H groups in total. The van der Waals surface area contributed by atoms with E-state index in [2.05, 4.69) is 15.7 Å². The van der Waals surface area contributed by atoms with Crippen molar-refractivity contribution in [2.45, 2.75) is 45.8 Å². The van der Waals surface area contributed by atoms with Gasteiger partial charge in [-0.1, -0.05) is 6.92 Å². The number of rotatable bonds is 6. The molecule has 0 saturated heterocycles.